The molecule has 2 aromatic rings. The van der Waals surface area contributed by atoms with Gasteiger partial charge in [-0.05, 0) is 67.3 Å². The Hall–Kier alpha value is -2.25. The van der Waals surface area contributed by atoms with Gasteiger partial charge >= 0.3 is 0 Å². The standard InChI is InChI=1S/C21H25FN2O3S/c1-4-23(5-2)28(26,27)19-10-8-16(9-11-19)21(25)24-12-6-7-17-14-18(22)13-15(3)20(17)24/h8-11,13-14H,4-7,12H2,1-3H3. The second kappa shape index (κ2) is 8.01. The van der Waals surface area contributed by atoms with Gasteiger partial charge in [0.15, 0.2) is 0 Å². The summed E-state index contributed by atoms with van der Waals surface area (Å²) >= 11 is 0. The monoisotopic (exact) mass is 404 g/mol. The van der Waals surface area contributed by atoms with Crippen LogP contribution in [0.1, 0.15) is 41.8 Å². The first kappa shape index (κ1) is 20.5. The molecule has 28 heavy (non-hydrogen) atoms. The largest absolute Gasteiger partial charge is 0.308 e. The van der Waals surface area contributed by atoms with Gasteiger partial charge in [-0.3, -0.25) is 4.79 Å². The zero-order valence-corrected chi connectivity index (χ0v) is 17.2. The summed E-state index contributed by atoms with van der Waals surface area (Å²) < 4.78 is 40.3. The first-order valence-corrected chi connectivity index (χ1v) is 10.9. The topological polar surface area (TPSA) is 57.7 Å². The molecule has 0 N–H and O–H groups in total. The number of carbonyl (C=O) groups is 1. The maximum atomic E-state index is 13.7. The molecule has 0 atom stereocenters. The van der Waals surface area contributed by atoms with Crippen LogP contribution >= 0.6 is 0 Å². The van der Waals surface area contributed by atoms with Crippen LogP contribution in [0.2, 0.25) is 0 Å². The number of aryl methyl sites for hydroxylation is 2. The lowest BCUT2D eigenvalue weighted by atomic mass is 9.97. The average molecular weight is 405 g/mol. The lowest BCUT2D eigenvalue weighted by molar-refractivity contribution is 0.0984. The van der Waals surface area contributed by atoms with Gasteiger partial charge in [-0.2, -0.15) is 4.31 Å². The number of nitrogens with zero attached hydrogens (tertiary/aromatic N) is 2. The number of benzene rings is 2. The van der Waals surface area contributed by atoms with Crippen molar-refractivity contribution in [3.63, 3.8) is 0 Å². The van der Waals surface area contributed by atoms with Gasteiger partial charge in [0.25, 0.3) is 5.91 Å². The number of amides is 1. The van der Waals surface area contributed by atoms with Crippen LogP contribution in [0.15, 0.2) is 41.3 Å². The summed E-state index contributed by atoms with van der Waals surface area (Å²) in [5.41, 5.74) is 2.73. The van der Waals surface area contributed by atoms with Crippen molar-refractivity contribution in [1.29, 1.82) is 0 Å². The lowest BCUT2D eigenvalue weighted by Gasteiger charge is -2.31. The third-order valence-corrected chi connectivity index (χ3v) is 7.20. The maximum Gasteiger partial charge on any atom is 0.258 e. The highest BCUT2D eigenvalue weighted by Crippen LogP contribution is 2.32. The van der Waals surface area contributed by atoms with Crippen LogP contribution in [-0.4, -0.2) is 38.3 Å². The Balaban J connectivity index is 1.92. The second-order valence-electron chi connectivity index (χ2n) is 6.90. The molecule has 1 amide bonds. The van der Waals surface area contributed by atoms with E-state index in [2.05, 4.69) is 0 Å². The Bertz CT molecular complexity index is 983. The van der Waals surface area contributed by atoms with E-state index in [1.54, 1.807) is 37.8 Å². The fourth-order valence-corrected chi connectivity index (χ4v) is 5.22. The molecule has 0 bridgehead atoms. The Morgan fingerprint density at radius 3 is 2.39 bits per heavy atom. The van der Waals surface area contributed by atoms with Crippen molar-refractivity contribution in [2.45, 2.75) is 38.5 Å². The predicted molar refractivity (Wildman–Crippen MR) is 108 cm³/mol. The predicted octanol–water partition coefficient (Wildman–Crippen LogP) is 3.76. The van der Waals surface area contributed by atoms with Gasteiger partial charge in [-0.25, -0.2) is 12.8 Å². The van der Waals surface area contributed by atoms with Gasteiger partial charge in [0, 0.05) is 25.2 Å². The summed E-state index contributed by atoms with van der Waals surface area (Å²) in [5, 5.41) is 0. The zero-order chi connectivity index (χ0) is 20.5. The van der Waals surface area contributed by atoms with E-state index in [1.807, 2.05) is 0 Å². The van der Waals surface area contributed by atoms with E-state index in [1.165, 1.54) is 28.6 Å². The highest BCUT2D eigenvalue weighted by Gasteiger charge is 2.27. The molecule has 3 rings (SSSR count). The van der Waals surface area contributed by atoms with Crippen LogP contribution < -0.4 is 4.90 Å². The SMILES string of the molecule is CCN(CC)S(=O)(=O)c1ccc(C(=O)N2CCCc3cc(F)cc(C)c32)cc1. The first-order valence-electron chi connectivity index (χ1n) is 9.50. The van der Waals surface area contributed by atoms with Gasteiger partial charge < -0.3 is 4.90 Å². The normalized spacial score (nSPS) is 14.2. The number of hydrogen-bond donors (Lipinski definition) is 0. The minimum atomic E-state index is -3.56. The van der Waals surface area contributed by atoms with E-state index in [-0.39, 0.29) is 16.6 Å². The van der Waals surface area contributed by atoms with Crippen LogP contribution in [0.25, 0.3) is 0 Å². The van der Waals surface area contributed by atoms with E-state index in [0.717, 1.165) is 29.7 Å². The summed E-state index contributed by atoms with van der Waals surface area (Å²) in [7, 11) is -3.56. The molecule has 0 unspecified atom stereocenters. The molecule has 0 spiro atoms. The highest BCUT2D eigenvalue weighted by atomic mass is 32.2. The number of hydrogen-bond acceptors (Lipinski definition) is 3. The Labute approximate surface area is 165 Å². The fraction of sp³-hybridized carbons (Fsp3) is 0.381. The van der Waals surface area contributed by atoms with Crippen molar-refractivity contribution in [3.05, 3.63) is 58.9 Å². The van der Waals surface area contributed by atoms with E-state index in [4.69, 9.17) is 0 Å². The van der Waals surface area contributed by atoms with Gasteiger partial charge in [-0.1, -0.05) is 13.8 Å². The highest BCUT2D eigenvalue weighted by molar-refractivity contribution is 7.89. The molecule has 1 aliphatic rings. The number of rotatable bonds is 5. The van der Waals surface area contributed by atoms with Crippen molar-refractivity contribution in [1.82, 2.24) is 4.31 Å². The zero-order valence-electron chi connectivity index (χ0n) is 16.4. The lowest BCUT2D eigenvalue weighted by Crippen LogP contribution is -2.36. The molecule has 2 aromatic carbocycles. The van der Waals surface area contributed by atoms with Crippen LogP contribution in [0.5, 0.6) is 0 Å². The number of carbonyl (C=O) groups excluding carboxylic acids is 1. The van der Waals surface area contributed by atoms with Crippen LogP contribution in [-0.2, 0) is 16.4 Å². The van der Waals surface area contributed by atoms with E-state index in [0.29, 0.717) is 25.2 Å². The number of anilines is 1. The molecule has 5 nitrogen and oxygen atoms in total. The van der Waals surface area contributed by atoms with Crippen molar-refractivity contribution in [2.24, 2.45) is 0 Å². The molecule has 0 fully saturated rings. The maximum absolute atomic E-state index is 13.7. The minimum absolute atomic E-state index is 0.171. The third kappa shape index (κ3) is 3.69. The van der Waals surface area contributed by atoms with Crippen molar-refractivity contribution in [2.75, 3.05) is 24.5 Å². The molecular weight excluding hydrogens is 379 g/mol. The molecule has 1 heterocycles. The molecule has 0 saturated carbocycles. The Morgan fingerprint density at radius 2 is 1.79 bits per heavy atom. The fourth-order valence-electron chi connectivity index (χ4n) is 3.76. The first-order chi connectivity index (χ1) is 13.3. The molecule has 150 valence electrons. The van der Waals surface area contributed by atoms with Gasteiger partial charge in [0.05, 0.1) is 10.6 Å². The van der Waals surface area contributed by atoms with Gasteiger partial charge in [-0.15, -0.1) is 0 Å². The second-order valence-corrected chi connectivity index (χ2v) is 8.84. The number of fused-ring (bicyclic) bond motifs is 1. The van der Waals surface area contributed by atoms with Crippen LogP contribution in [0.3, 0.4) is 0 Å². The van der Waals surface area contributed by atoms with Crippen molar-refractivity contribution < 1.29 is 17.6 Å². The quantitative estimate of drug-likeness (QED) is 0.762. The molecule has 1 aliphatic heterocycles. The average Bonchev–Trinajstić information content (AvgIpc) is 2.67. The van der Waals surface area contributed by atoms with Crippen LogP contribution in [0.4, 0.5) is 10.1 Å². The summed E-state index contributed by atoms with van der Waals surface area (Å²) in [6.45, 7) is 6.71. The molecule has 0 radical (unpaired) electrons. The summed E-state index contributed by atoms with van der Waals surface area (Å²) in [4.78, 5) is 14.9. The Kier molecular flexibility index (Phi) is 5.86. The molecule has 0 aromatic heterocycles. The molecule has 0 saturated heterocycles. The minimum Gasteiger partial charge on any atom is -0.308 e. The molecule has 7 heteroatoms. The number of halogens is 1. The Morgan fingerprint density at radius 1 is 1.14 bits per heavy atom. The van der Waals surface area contributed by atoms with E-state index in [9.17, 15) is 17.6 Å². The summed E-state index contributed by atoms with van der Waals surface area (Å²) in [6, 6.07) is 8.97. The van der Waals surface area contributed by atoms with Gasteiger partial charge in [0.2, 0.25) is 10.0 Å². The molecular formula is C21H25FN2O3S. The smallest absolute Gasteiger partial charge is 0.258 e. The van der Waals surface area contributed by atoms with Crippen LogP contribution in [0, 0.1) is 12.7 Å². The number of sulfonamides is 1. The van der Waals surface area contributed by atoms with Crippen molar-refractivity contribution >= 4 is 21.6 Å². The molecule has 0 aliphatic carbocycles. The third-order valence-electron chi connectivity index (χ3n) is 5.13. The summed E-state index contributed by atoms with van der Waals surface area (Å²) in [6.07, 6.45) is 1.49. The van der Waals surface area contributed by atoms with Gasteiger partial charge in [0.1, 0.15) is 5.82 Å². The van der Waals surface area contributed by atoms with E-state index < -0.39 is 10.0 Å². The summed E-state index contributed by atoms with van der Waals surface area (Å²) in [5.74, 6) is -0.501. The van der Waals surface area contributed by atoms with Crippen molar-refractivity contribution in [3.8, 4) is 0 Å². The van der Waals surface area contributed by atoms with E-state index >= 15 is 0 Å².